The van der Waals surface area contributed by atoms with E-state index in [9.17, 15) is 14.4 Å². The van der Waals surface area contributed by atoms with Gasteiger partial charge in [-0.1, -0.05) is 18.2 Å². The maximum Gasteiger partial charge on any atom is 0.264 e. The van der Waals surface area contributed by atoms with Gasteiger partial charge in [0.1, 0.15) is 12.7 Å². The Morgan fingerprint density at radius 2 is 1.74 bits per heavy atom. The lowest BCUT2D eigenvalue weighted by molar-refractivity contribution is -0.131. The summed E-state index contributed by atoms with van der Waals surface area (Å²) in [5.74, 6) is 0.115. The van der Waals surface area contributed by atoms with E-state index in [1.807, 2.05) is 0 Å². The largest absolute Gasteiger partial charge is 0.493 e. The van der Waals surface area contributed by atoms with Gasteiger partial charge in [0.15, 0.2) is 11.5 Å². The molecule has 1 saturated heterocycles. The van der Waals surface area contributed by atoms with Gasteiger partial charge in [-0.25, -0.2) is 0 Å². The van der Waals surface area contributed by atoms with Crippen molar-refractivity contribution in [3.63, 3.8) is 0 Å². The zero-order valence-electron chi connectivity index (χ0n) is 17.5. The SMILES string of the molecule is COc1ccc2c(c1OC)C(=O)N1c3ccccc3C(=O)N(CC(=O)N3CCCC3)[C@H]21. The molecule has 0 radical (unpaired) electrons. The summed E-state index contributed by atoms with van der Waals surface area (Å²) in [7, 11) is 2.99. The standard InChI is InChI=1S/C23H23N3O5/c1-30-17-10-9-15-19(20(17)31-2)23(29)26-16-8-4-3-7-14(16)22(28)25(21(15)26)13-18(27)24-11-5-6-12-24/h3-4,7-10,21H,5-6,11-13H2,1-2H3/t21-/m0/s1. The number of amides is 3. The third-order valence-corrected chi connectivity index (χ3v) is 6.25. The van der Waals surface area contributed by atoms with Crippen molar-refractivity contribution in [2.45, 2.75) is 19.0 Å². The third kappa shape index (κ3) is 2.78. The smallest absolute Gasteiger partial charge is 0.264 e. The molecule has 1 atom stereocenters. The first-order valence-electron chi connectivity index (χ1n) is 10.3. The average Bonchev–Trinajstić information content (AvgIpc) is 3.43. The third-order valence-electron chi connectivity index (χ3n) is 6.25. The number of carbonyl (C=O) groups excluding carboxylic acids is 3. The van der Waals surface area contributed by atoms with Crippen LogP contribution >= 0.6 is 0 Å². The summed E-state index contributed by atoms with van der Waals surface area (Å²) in [5, 5.41) is 0. The molecule has 0 aromatic heterocycles. The number of likely N-dealkylation sites (tertiary alicyclic amines) is 1. The van der Waals surface area contributed by atoms with Gasteiger partial charge in [-0.05, 0) is 31.0 Å². The summed E-state index contributed by atoms with van der Waals surface area (Å²) in [6, 6.07) is 10.5. The van der Waals surface area contributed by atoms with E-state index in [-0.39, 0.29) is 24.3 Å². The van der Waals surface area contributed by atoms with Crippen LogP contribution in [0.1, 0.15) is 45.3 Å². The number of nitrogens with zero attached hydrogens (tertiary/aromatic N) is 3. The predicted octanol–water partition coefficient (Wildman–Crippen LogP) is 2.44. The number of fused-ring (bicyclic) bond motifs is 5. The van der Waals surface area contributed by atoms with Crippen LogP contribution in [0, 0.1) is 0 Å². The molecule has 3 amide bonds. The van der Waals surface area contributed by atoms with E-state index in [4.69, 9.17) is 9.47 Å². The van der Waals surface area contributed by atoms with E-state index in [0.29, 0.717) is 47.0 Å². The number of benzene rings is 2. The first kappa shape index (κ1) is 19.4. The Hall–Kier alpha value is -3.55. The van der Waals surface area contributed by atoms with Gasteiger partial charge in [-0.2, -0.15) is 0 Å². The summed E-state index contributed by atoms with van der Waals surface area (Å²) in [6.07, 6.45) is 1.23. The van der Waals surface area contributed by atoms with E-state index >= 15 is 0 Å². The van der Waals surface area contributed by atoms with Gasteiger partial charge in [0.25, 0.3) is 11.8 Å². The van der Waals surface area contributed by atoms with Crippen LogP contribution in [-0.4, -0.2) is 61.4 Å². The summed E-state index contributed by atoms with van der Waals surface area (Å²) < 4.78 is 10.9. The molecule has 0 bridgehead atoms. The van der Waals surface area contributed by atoms with E-state index in [1.165, 1.54) is 19.1 Å². The van der Waals surface area contributed by atoms with Crippen molar-refractivity contribution in [2.24, 2.45) is 0 Å². The van der Waals surface area contributed by atoms with Crippen molar-refractivity contribution < 1.29 is 23.9 Å². The number of para-hydroxylation sites is 1. The van der Waals surface area contributed by atoms with Gasteiger partial charge in [0, 0.05) is 18.7 Å². The number of anilines is 1. The fourth-order valence-corrected chi connectivity index (χ4v) is 4.80. The van der Waals surface area contributed by atoms with E-state index in [0.717, 1.165) is 12.8 Å². The number of carbonyl (C=O) groups is 3. The second-order valence-electron chi connectivity index (χ2n) is 7.85. The van der Waals surface area contributed by atoms with Crippen LogP contribution in [-0.2, 0) is 4.79 Å². The predicted molar refractivity (Wildman–Crippen MR) is 112 cm³/mol. The lowest BCUT2D eigenvalue weighted by Gasteiger charge is -2.40. The number of ether oxygens (including phenoxy) is 2. The highest BCUT2D eigenvalue weighted by Gasteiger charge is 2.50. The molecule has 0 unspecified atom stereocenters. The molecular formula is C23H23N3O5. The average molecular weight is 421 g/mol. The van der Waals surface area contributed by atoms with Gasteiger partial charge in [-0.3, -0.25) is 19.3 Å². The van der Waals surface area contributed by atoms with Crippen LogP contribution in [0.25, 0.3) is 0 Å². The highest BCUT2D eigenvalue weighted by molar-refractivity contribution is 6.18. The van der Waals surface area contributed by atoms with Crippen molar-refractivity contribution in [3.05, 3.63) is 53.1 Å². The fourth-order valence-electron chi connectivity index (χ4n) is 4.80. The number of methoxy groups -OCH3 is 2. The molecule has 8 nitrogen and oxygen atoms in total. The van der Waals surface area contributed by atoms with Gasteiger partial charge in [0.05, 0.1) is 31.0 Å². The molecule has 31 heavy (non-hydrogen) atoms. The van der Waals surface area contributed by atoms with Crippen LogP contribution in [0.3, 0.4) is 0 Å². The highest BCUT2D eigenvalue weighted by Crippen LogP contribution is 2.49. The van der Waals surface area contributed by atoms with Crippen molar-refractivity contribution in [3.8, 4) is 11.5 Å². The molecular weight excluding hydrogens is 398 g/mol. The Kier molecular flexibility index (Phi) is 4.57. The topological polar surface area (TPSA) is 79.4 Å². The second-order valence-corrected chi connectivity index (χ2v) is 7.85. The van der Waals surface area contributed by atoms with Crippen LogP contribution in [0.5, 0.6) is 11.5 Å². The Morgan fingerprint density at radius 3 is 2.45 bits per heavy atom. The Bertz CT molecular complexity index is 1090. The molecule has 0 saturated carbocycles. The van der Waals surface area contributed by atoms with Gasteiger partial charge in [-0.15, -0.1) is 0 Å². The zero-order chi connectivity index (χ0) is 21.7. The maximum absolute atomic E-state index is 13.6. The molecule has 8 heteroatoms. The Morgan fingerprint density at radius 1 is 1.00 bits per heavy atom. The van der Waals surface area contributed by atoms with Crippen LogP contribution in [0.2, 0.25) is 0 Å². The highest BCUT2D eigenvalue weighted by atomic mass is 16.5. The van der Waals surface area contributed by atoms with Crippen molar-refractivity contribution >= 4 is 23.4 Å². The summed E-state index contributed by atoms with van der Waals surface area (Å²) >= 11 is 0. The van der Waals surface area contributed by atoms with Crippen LogP contribution in [0.4, 0.5) is 5.69 Å². The van der Waals surface area contributed by atoms with E-state index in [2.05, 4.69) is 0 Å². The van der Waals surface area contributed by atoms with Crippen molar-refractivity contribution in [1.29, 1.82) is 0 Å². The molecule has 1 fully saturated rings. The number of hydrogen-bond donors (Lipinski definition) is 0. The summed E-state index contributed by atoms with van der Waals surface area (Å²) in [5.41, 5.74) is 1.92. The number of hydrogen-bond acceptors (Lipinski definition) is 5. The molecule has 2 aromatic carbocycles. The molecule has 2 aromatic rings. The van der Waals surface area contributed by atoms with Gasteiger partial charge >= 0.3 is 0 Å². The molecule has 3 heterocycles. The number of rotatable bonds is 4. The van der Waals surface area contributed by atoms with Crippen LogP contribution < -0.4 is 14.4 Å². The lowest BCUT2D eigenvalue weighted by atomic mass is 10.0. The molecule has 0 aliphatic carbocycles. The summed E-state index contributed by atoms with van der Waals surface area (Å²) in [4.78, 5) is 44.9. The molecule has 0 spiro atoms. The van der Waals surface area contributed by atoms with E-state index < -0.39 is 6.17 Å². The summed E-state index contributed by atoms with van der Waals surface area (Å²) in [6.45, 7) is 1.31. The van der Waals surface area contributed by atoms with Crippen LogP contribution in [0.15, 0.2) is 36.4 Å². The fraction of sp³-hybridized carbons (Fsp3) is 0.348. The molecule has 5 rings (SSSR count). The first-order chi connectivity index (χ1) is 15.1. The lowest BCUT2D eigenvalue weighted by Crippen LogP contribution is -2.51. The first-order valence-corrected chi connectivity index (χ1v) is 10.3. The Labute approximate surface area is 179 Å². The molecule has 3 aliphatic rings. The Balaban J connectivity index is 1.65. The minimum atomic E-state index is -0.712. The maximum atomic E-state index is 13.6. The minimum absolute atomic E-state index is 0.0879. The monoisotopic (exact) mass is 421 g/mol. The van der Waals surface area contributed by atoms with Gasteiger partial charge in [0.2, 0.25) is 5.91 Å². The molecule has 160 valence electrons. The molecule has 3 aliphatic heterocycles. The van der Waals surface area contributed by atoms with Gasteiger partial charge < -0.3 is 19.3 Å². The normalized spacial score (nSPS) is 19.3. The zero-order valence-corrected chi connectivity index (χ0v) is 17.5. The van der Waals surface area contributed by atoms with Crippen molar-refractivity contribution in [2.75, 3.05) is 38.8 Å². The minimum Gasteiger partial charge on any atom is -0.493 e. The second kappa shape index (κ2) is 7.30. The van der Waals surface area contributed by atoms with Crippen molar-refractivity contribution in [1.82, 2.24) is 9.80 Å². The van der Waals surface area contributed by atoms with E-state index in [1.54, 1.807) is 46.2 Å². The molecule has 0 N–H and O–H groups in total. The quantitative estimate of drug-likeness (QED) is 0.758.